The number of aromatic nitrogens is 3. The van der Waals surface area contributed by atoms with Crippen LogP contribution in [0.15, 0.2) is 43.1 Å². The average molecular weight is 331 g/mol. The van der Waals surface area contributed by atoms with Gasteiger partial charge < -0.3 is 15.0 Å². The number of pyridine rings is 1. The zero-order chi connectivity index (χ0) is 17.5. The van der Waals surface area contributed by atoms with E-state index < -0.39 is 18.1 Å². The monoisotopic (exact) mass is 331 g/mol. The van der Waals surface area contributed by atoms with Crippen molar-refractivity contribution in [1.82, 2.24) is 9.55 Å². The number of carbonyl (C=O) groups is 2. The summed E-state index contributed by atoms with van der Waals surface area (Å²) in [4.78, 5) is 23.5. The lowest BCUT2D eigenvalue weighted by molar-refractivity contribution is -0.688. The molecule has 0 unspecified atom stereocenters. The second kappa shape index (κ2) is 7.92. The molecule has 2 heterocycles. The fraction of sp³-hybridized carbons (Fsp3) is 0.231. The average Bonchev–Trinajstić information content (AvgIpc) is 2.86. The SMILES string of the molecule is O=C(O)Cn1cc[n+](Cc2ccccn2)c1.O=C([O-])C(F)(F)F. The molecule has 0 aliphatic heterocycles. The first-order valence-corrected chi connectivity index (χ1v) is 6.13. The molecule has 0 aliphatic rings. The van der Waals surface area contributed by atoms with Crippen molar-refractivity contribution in [2.75, 3.05) is 0 Å². The standard InChI is InChI=1S/C11H11N3O2.C2HF3O2/c15-11(16)8-14-6-5-13(9-14)7-10-3-1-2-4-12-10;3-2(4,5)1(6)7/h1-6,9H,7-8H2;(H,6,7). The van der Waals surface area contributed by atoms with E-state index in [1.165, 1.54) is 0 Å². The molecule has 0 aromatic carbocycles. The van der Waals surface area contributed by atoms with Crippen LogP contribution in [0.5, 0.6) is 0 Å². The van der Waals surface area contributed by atoms with Gasteiger partial charge in [0.05, 0.1) is 5.69 Å². The van der Waals surface area contributed by atoms with Crippen molar-refractivity contribution in [2.45, 2.75) is 19.3 Å². The fourth-order valence-electron chi connectivity index (χ4n) is 1.46. The van der Waals surface area contributed by atoms with Gasteiger partial charge in [0.15, 0.2) is 6.54 Å². The van der Waals surface area contributed by atoms with Gasteiger partial charge >= 0.3 is 12.1 Å². The van der Waals surface area contributed by atoms with E-state index in [2.05, 4.69) is 4.98 Å². The van der Waals surface area contributed by atoms with Gasteiger partial charge in [0.2, 0.25) is 6.33 Å². The highest BCUT2D eigenvalue weighted by Gasteiger charge is 2.28. The Kier molecular flexibility index (Phi) is 6.24. The second-order valence-electron chi connectivity index (χ2n) is 4.26. The molecule has 1 N–H and O–H groups in total. The number of aliphatic carboxylic acids is 2. The highest BCUT2D eigenvalue weighted by molar-refractivity contribution is 5.70. The van der Waals surface area contributed by atoms with Crippen molar-refractivity contribution < 1.29 is 37.5 Å². The van der Waals surface area contributed by atoms with E-state index in [9.17, 15) is 18.0 Å². The molecule has 23 heavy (non-hydrogen) atoms. The Hall–Kier alpha value is -2.91. The van der Waals surface area contributed by atoms with Crippen LogP contribution in [0.2, 0.25) is 0 Å². The van der Waals surface area contributed by atoms with Gasteiger partial charge in [-0.2, -0.15) is 13.2 Å². The number of hydrogen-bond acceptors (Lipinski definition) is 4. The maximum absolute atomic E-state index is 10.5. The number of nitrogens with zero attached hydrogens (tertiary/aromatic N) is 3. The third-order valence-electron chi connectivity index (χ3n) is 2.37. The van der Waals surface area contributed by atoms with E-state index in [4.69, 9.17) is 15.0 Å². The van der Waals surface area contributed by atoms with Crippen molar-refractivity contribution in [2.24, 2.45) is 0 Å². The number of rotatable bonds is 4. The third-order valence-corrected chi connectivity index (χ3v) is 2.37. The van der Waals surface area contributed by atoms with Crippen LogP contribution in [0.25, 0.3) is 0 Å². The Morgan fingerprint density at radius 1 is 1.35 bits per heavy atom. The largest absolute Gasteiger partial charge is 0.542 e. The van der Waals surface area contributed by atoms with Gasteiger partial charge in [0.1, 0.15) is 24.9 Å². The molecule has 0 fully saturated rings. The number of halogens is 3. The lowest BCUT2D eigenvalue weighted by Gasteiger charge is -2.03. The van der Waals surface area contributed by atoms with Crippen LogP contribution in [-0.2, 0) is 22.7 Å². The topological polar surface area (TPSA) is 99.1 Å². The van der Waals surface area contributed by atoms with Gasteiger partial charge in [-0.25, -0.2) is 13.9 Å². The molecule has 2 aromatic heterocycles. The zero-order valence-electron chi connectivity index (χ0n) is 11.6. The lowest BCUT2D eigenvalue weighted by Crippen LogP contribution is -2.37. The normalized spacial score (nSPS) is 10.6. The summed E-state index contributed by atoms with van der Waals surface area (Å²) >= 11 is 0. The summed E-state index contributed by atoms with van der Waals surface area (Å²) in [7, 11) is 0. The molecule has 124 valence electrons. The molecule has 0 spiro atoms. The lowest BCUT2D eigenvalue weighted by atomic mass is 10.3. The number of carbonyl (C=O) groups excluding carboxylic acids is 1. The van der Waals surface area contributed by atoms with Crippen LogP contribution in [0, 0.1) is 0 Å². The second-order valence-corrected chi connectivity index (χ2v) is 4.26. The van der Waals surface area contributed by atoms with Crippen LogP contribution in [-0.4, -0.2) is 32.8 Å². The predicted molar refractivity (Wildman–Crippen MR) is 66.7 cm³/mol. The molecule has 0 atom stereocenters. The quantitative estimate of drug-likeness (QED) is 0.769. The molecular weight excluding hydrogens is 319 g/mol. The van der Waals surface area contributed by atoms with Crippen LogP contribution < -0.4 is 9.67 Å². The van der Waals surface area contributed by atoms with Crippen LogP contribution in [0.3, 0.4) is 0 Å². The Bertz CT molecular complexity index is 656. The first kappa shape index (κ1) is 18.1. The molecule has 0 aliphatic carbocycles. The first-order valence-electron chi connectivity index (χ1n) is 6.13. The van der Waals surface area contributed by atoms with Gasteiger partial charge in [-0.05, 0) is 12.1 Å². The number of carboxylic acid groups (broad SMARTS) is 2. The Morgan fingerprint density at radius 2 is 2.00 bits per heavy atom. The van der Waals surface area contributed by atoms with E-state index in [0.29, 0.717) is 6.54 Å². The highest BCUT2D eigenvalue weighted by Crippen LogP contribution is 2.11. The molecule has 0 radical (unpaired) electrons. The predicted octanol–water partition coefficient (Wildman–Crippen LogP) is -0.398. The van der Waals surface area contributed by atoms with Gasteiger partial charge in [-0.15, -0.1) is 0 Å². The summed E-state index contributed by atoms with van der Waals surface area (Å²) in [6.07, 6.45) is 1.86. The van der Waals surface area contributed by atoms with Crippen molar-refractivity contribution in [3.63, 3.8) is 0 Å². The van der Waals surface area contributed by atoms with Gasteiger partial charge in [0.25, 0.3) is 0 Å². The maximum Gasteiger partial charge on any atom is 0.430 e. The number of alkyl halides is 3. The number of carboxylic acids is 2. The van der Waals surface area contributed by atoms with E-state index in [1.807, 2.05) is 29.0 Å². The van der Waals surface area contributed by atoms with Crippen molar-refractivity contribution in [1.29, 1.82) is 0 Å². The number of imidazole rings is 1. The highest BCUT2D eigenvalue weighted by atomic mass is 19.4. The zero-order valence-corrected chi connectivity index (χ0v) is 11.6. The summed E-state index contributed by atoms with van der Waals surface area (Å²) in [6, 6.07) is 5.72. The summed E-state index contributed by atoms with van der Waals surface area (Å²) in [5.74, 6) is -3.85. The van der Waals surface area contributed by atoms with E-state index >= 15 is 0 Å². The third kappa shape index (κ3) is 7.07. The minimum Gasteiger partial charge on any atom is -0.542 e. The van der Waals surface area contributed by atoms with Crippen molar-refractivity contribution >= 4 is 11.9 Å². The smallest absolute Gasteiger partial charge is 0.430 e. The molecule has 7 nitrogen and oxygen atoms in total. The van der Waals surface area contributed by atoms with Gasteiger partial charge in [0, 0.05) is 6.20 Å². The van der Waals surface area contributed by atoms with Gasteiger partial charge in [-0.1, -0.05) is 6.07 Å². The number of hydrogen-bond donors (Lipinski definition) is 1. The van der Waals surface area contributed by atoms with Crippen LogP contribution in [0.1, 0.15) is 5.69 Å². The molecule has 0 saturated heterocycles. The minimum absolute atomic E-state index is 0.0186. The van der Waals surface area contributed by atoms with Crippen LogP contribution >= 0.6 is 0 Å². The molecule has 10 heteroatoms. The van der Waals surface area contributed by atoms with Gasteiger partial charge in [-0.3, -0.25) is 4.98 Å². The molecule has 0 saturated carbocycles. The summed E-state index contributed by atoms with van der Waals surface area (Å²) in [6.45, 7) is 0.628. The molecule has 0 bridgehead atoms. The molecule has 2 rings (SSSR count). The Morgan fingerprint density at radius 3 is 2.48 bits per heavy atom. The fourth-order valence-corrected chi connectivity index (χ4v) is 1.46. The Balaban J connectivity index is 0.000000322. The molecular formula is C13H12F3N3O4. The maximum atomic E-state index is 10.5. The summed E-state index contributed by atoms with van der Waals surface area (Å²) in [5.41, 5.74) is 0.945. The van der Waals surface area contributed by atoms with Crippen molar-refractivity contribution in [3.05, 3.63) is 48.8 Å². The minimum atomic E-state index is -5.19. The summed E-state index contributed by atoms with van der Waals surface area (Å²) in [5, 5.41) is 17.4. The molecule has 2 aromatic rings. The van der Waals surface area contributed by atoms with E-state index in [1.54, 1.807) is 23.3 Å². The van der Waals surface area contributed by atoms with E-state index in [-0.39, 0.29) is 6.54 Å². The Labute approximate surface area is 128 Å². The first-order chi connectivity index (χ1) is 10.7. The van der Waals surface area contributed by atoms with E-state index in [0.717, 1.165) is 5.69 Å². The summed E-state index contributed by atoms with van der Waals surface area (Å²) < 4.78 is 35.1. The van der Waals surface area contributed by atoms with Crippen LogP contribution in [0.4, 0.5) is 13.2 Å². The molecule has 0 amide bonds. The van der Waals surface area contributed by atoms with Crippen molar-refractivity contribution in [3.8, 4) is 0 Å².